The average molecular weight is 365 g/mol. The molecule has 0 spiro atoms. The SMILES string of the molecule is COc1ccc(-c2ccc(-c3ccc(F)c(Cl)c3)c(Cl)c2)cc1F. The van der Waals surface area contributed by atoms with E-state index >= 15 is 0 Å². The van der Waals surface area contributed by atoms with Crippen LogP contribution in [0.4, 0.5) is 8.78 Å². The Hall–Kier alpha value is -2.10. The highest BCUT2D eigenvalue weighted by molar-refractivity contribution is 6.34. The molecule has 122 valence electrons. The van der Waals surface area contributed by atoms with Gasteiger partial charge in [-0.3, -0.25) is 0 Å². The third-order valence-corrected chi connectivity index (χ3v) is 4.29. The number of rotatable bonds is 3. The summed E-state index contributed by atoms with van der Waals surface area (Å²) in [6, 6.07) is 14.5. The molecule has 0 unspecified atom stereocenters. The van der Waals surface area contributed by atoms with E-state index < -0.39 is 11.6 Å². The van der Waals surface area contributed by atoms with Crippen LogP contribution in [-0.4, -0.2) is 7.11 Å². The van der Waals surface area contributed by atoms with Crippen LogP contribution >= 0.6 is 23.2 Å². The highest BCUT2D eigenvalue weighted by Gasteiger charge is 2.10. The van der Waals surface area contributed by atoms with E-state index in [1.165, 1.54) is 25.3 Å². The summed E-state index contributed by atoms with van der Waals surface area (Å²) in [5.74, 6) is -0.746. The topological polar surface area (TPSA) is 9.23 Å². The molecule has 3 aromatic rings. The minimum absolute atomic E-state index is 0.0323. The van der Waals surface area contributed by atoms with Gasteiger partial charge < -0.3 is 4.74 Å². The van der Waals surface area contributed by atoms with Crippen LogP contribution in [-0.2, 0) is 0 Å². The smallest absolute Gasteiger partial charge is 0.165 e. The first-order valence-electron chi connectivity index (χ1n) is 7.08. The van der Waals surface area contributed by atoms with Gasteiger partial charge in [0.05, 0.1) is 12.1 Å². The van der Waals surface area contributed by atoms with Crippen LogP contribution < -0.4 is 4.74 Å². The van der Waals surface area contributed by atoms with E-state index in [2.05, 4.69) is 0 Å². The van der Waals surface area contributed by atoms with Crippen molar-refractivity contribution in [3.05, 3.63) is 76.3 Å². The molecule has 0 bridgehead atoms. The summed E-state index contributed by atoms with van der Waals surface area (Å²) in [4.78, 5) is 0. The van der Waals surface area contributed by atoms with Crippen molar-refractivity contribution in [2.75, 3.05) is 7.11 Å². The third kappa shape index (κ3) is 3.23. The maximum absolute atomic E-state index is 13.9. The Morgan fingerprint density at radius 1 is 0.708 bits per heavy atom. The predicted octanol–water partition coefficient (Wildman–Crippen LogP) is 6.61. The zero-order valence-electron chi connectivity index (χ0n) is 12.6. The molecule has 0 aliphatic heterocycles. The highest BCUT2D eigenvalue weighted by atomic mass is 35.5. The molecular formula is C19H12Cl2F2O. The Kier molecular flexibility index (Phi) is 4.74. The van der Waals surface area contributed by atoms with Gasteiger partial charge in [0, 0.05) is 10.6 Å². The fourth-order valence-electron chi connectivity index (χ4n) is 2.44. The monoisotopic (exact) mass is 364 g/mol. The summed E-state index contributed by atoms with van der Waals surface area (Å²) < 4.78 is 32.1. The van der Waals surface area contributed by atoms with E-state index in [0.717, 1.165) is 11.1 Å². The molecule has 0 radical (unpaired) electrons. The van der Waals surface area contributed by atoms with Gasteiger partial charge in [-0.2, -0.15) is 0 Å². The second kappa shape index (κ2) is 6.80. The van der Waals surface area contributed by atoms with Gasteiger partial charge in [-0.25, -0.2) is 8.78 Å². The summed E-state index contributed by atoms with van der Waals surface area (Å²) in [6.07, 6.45) is 0. The van der Waals surface area contributed by atoms with Crippen molar-refractivity contribution in [3.63, 3.8) is 0 Å². The summed E-state index contributed by atoms with van der Waals surface area (Å²) in [5, 5.41) is 0.497. The van der Waals surface area contributed by atoms with Crippen molar-refractivity contribution in [3.8, 4) is 28.0 Å². The fourth-order valence-corrected chi connectivity index (χ4v) is 2.91. The lowest BCUT2D eigenvalue weighted by atomic mass is 10.00. The molecule has 24 heavy (non-hydrogen) atoms. The van der Waals surface area contributed by atoms with E-state index in [0.29, 0.717) is 16.1 Å². The zero-order chi connectivity index (χ0) is 17.3. The predicted molar refractivity (Wildman–Crippen MR) is 93.8 cm³/mol. The molecule has 0 amide bonds. The van der Waals surface area contributed by atoms with Crippen LogP contribution in [0, 0.1) is 11.6 Å². The van der Waals surface area contributed by atoms with E-state index in [1.807, 2.05) is 6.07 Å². The Bertz CT molecular complexity index is 910. The summed E-state index contributed by atoms with van der Waals surface area (Å²) >= 11 is 12.2. The molecule has 0 atom stereocenters. The van der Waals surface area contributed by atoms with Gasteiger partial charge in [-0.05, 0) is 47.0 Å². The van der Waals surface area contributed by atoms with Gasteiger partial charge in [0.2, 0.25) is 0 Å². The highest BCUT2D eigenvalue weighted by Crippen LogP contribution is 2.34. The second-order valence-corrected chi connectivity index (χ2v) is 5.99. The lowest BCUT2D eigenvalue weighted by Crippen LogP contribution is -1.89. The third-order valence-electron chi connectivity index (χ3n) is 3.68. The molecule has 0 fully saturated rings. The Morgan fingerprint density at radius 2 is 1.33 bits per heavy atom. The Morgan fingerprint density at radius 3 is 1.96 bits per heavy atom. The number of hydrogen-bond donors (Lipinski definition) is 0. The molecule has 0 aromatic heterocycles. The van der Waals surface area contributed by atoms with Gasteiger partial charge in [-0.15, -0.1) is 0 Å². The van der Waals surface area contributed by atoms with Crippen LogP contribution in [0.1, 0.15) is 0 Å². The van der Waals surface area contributed by atoms with Crippen molar-refractivity contribution in [1.29, 1.82) is 0 Å². The number of methoxy groups -OCH3 is 1. The summed E-state index contributed by atoms with van der Waals surface area (Å²) in [7, 11) is 1.41. The molecule has 0 heterocycles. The average Bonchev–Trinajstić information content (AvgIpc) is 2.57. The molecule has 3 rings (SSSR count). The quantitative estimate of drug-likeness (QED) is 0.507. The molecule has 0 N–H and O–H groups in total. The normalized spacial score (nSPS) is 10.7. The van der Waals surface area contributed by atoms with Crippen molar-refractivity contribution < 1.29 is 13.5 Å². The van der Waals surface area contributed by atoms with Crippen LogP contribution in [0.25, 0.3) is 22.3 Å². The van der Waals surface area contributed by atoms with Crippen LogP contribution in [0.3, 0.4) is 0 Å². The van der Waals surface area contributed by atoms with E-state index in [9.17, 15) is 8.78 Å². The molecular weight excluding hydrogens is 353 g/mol. The minimum Gasteiger partial charge on any atom is -0.494 e. The number of hydrogen-bond acceptors (Lipinski definition) is 1. The summed E-state index contributed by atoms with van der Waals surface area (Å²) in [6.45, 7) is 0. The molecule has 0 aliphatic carbocycles. The van der Waals surface area contributed by atoms with Crippen LogP contribution in [0.15, 0.2) is 54.6 Å². The van der Waals surface area contributed by atoms with Crippen LogP contribution in [0.5, 0.6) is 5.75 Å². The van der Waals surface area contributed by atoms with Crippen molar-refractivity contribution >= 4 is 23.2 Å². The van der Waals surface area contributed by atoms with Crippen molar-refractivity contribution in [2.24, 2.45) is 0 Å². The van der Waals surface area contributed by atoms with Gasteiger partial charge in [0.15, 0.2) is 11.6 Å². The standard InChI is InChI=1S/C19H12Cl2F2O/c1-24-19-7-4-12(10-18(19)23)11-2-5-14(15(20)8-11)13-3-6-17(22)16(21)9-13/h2-10H,1H3. The number of ether oxygens (including phenoxy) is 1. The fraction of sp³-hybridized carbons (Fsp3) is 0.0526. The van der Waals surface area contributed by atoms with E-state index in [-0.39, 0.29) is 10.8 Å². The minimum atomic E-state index is -0.484. The largest absolute Gasteiger partial charge is 0.494 e. The van der Waals surface area contributed by atoms with Crippen molar-refractivity contribution in [2.45, 2.75) is 0 Å². The number of benzene rings is 3. The second-order valence-electron chi connectivity index (χ2n) is 5.17. The lowest BCUT2D eigenvalue weighted by molar-refractivity contribution is 0.386. The maximum atomic E-state index is 13.9. The molecule has 0 saturated heterocycles. The molecule has 3 aromatic carbocycles. The van der Waals surface area contributed by atoms with Gasteiger partial charge in [-0.1, -0.05) is 47.5 Å². The van der Waals surface area contributed by atoms with Gasteiger partial charge in [0.25, 0.3) is 0 Å². The van der Waals surface area contributed by atoms with E-state index in [1.54, 1.807) is 30.3 Å². The lowest BCUT2D eigenvalue weighted by Gasteiger charge is -2.10. The van der Waals surface area contributed by atoms with Gasteiger partial charge >= 0.3 is 0 Å². The summed E-state index contributed by atoms with van der Waals surface area (Å²) in [5.41, 5.74) is 2.87. The molecule has 1 nitrogen and oxygen atoms in total. The molecule has 5 heteroatoms. The van der Waals surface area contributed by atoms with Gasteiger partial charge in [0.1, 0.15) is 5.82 Å². The first kappa shape index (κ1) is 16.7. The Labute approximate surface area is 148 Å². The van der Waals surface area contributed by atoms with Crippen LogP contribution in [0.2, 0.25) is 10.0 Å². The first-order valence-corrected chi connectivity index (χ1v) is 7.84. The molecule has 0 aliphatic rings. The number of halogens is 4. The van der Waals surface area contributed by atoms with Crippen molar-refractivity contribution in [1.82, 2.24) is 0 Å². The first-order chi connectivity index (χ1) is 11.5. The molecule has 0 saturated carbocycles. The van der Waals surface area contributed by atoms with E-state index in [4.69, 9.17) is 27.9 Å². The Balaban J connectivity index is 2.00. The maximum Gasteiger partial charge on any atom is 0.165 e. The zero-order valence-corrected chi connectivity index (χ0v) is 14.1.